The lowest BCUT2D eigenvalue weighted by Gasteiger charge is -2.36. The molecule has 1 aromatic rings. The van der Waals surface area contributed by atoms with Crippen LogP contribution in [0.3, 0.4) is 0 Å². The summed E-state index contributed by atoms with van der Waals surface area (Å²) in [6, 6.07) is 4.96. The minimum absolute atomic E-state index is 0.582. The van der Waals surface area contributed by atoms with Gasteiger partial charge in [-0.3, -0.25) is 4.90 Å². The van der Waals surface area contributed by atoms with Gasteiger partial charge >= 0.3 is 0 Å². The van der Waals surface area contributed by atoms with E-state index < -0.39 is 0 Å². The molecule has 1 atom stereocenters. The fourth-order valence-corrected chi connectivity index (χ4v) is 3.04. The molecule has 0 radical (unpaired) electrons. The molecule has 3 heteroatoms. The van der Waals surface area contributed by atoms with Crippen molar-refractivity contribution >= 4 is 5.82 Å². The average molecular weight is 261 g/mol. The minimum Gasteiger partial charge on any atom is -0.373 e. The van der Waals surface area contributed by atoms with Gasteiger partial charge in [0.05, 0.1) is 0 Å². The Hall–Kier alpha value is -1.09. The van der Waals surface area contributed by atoms with Crippen molar-refractivity contribution in [2.24, 2.45) is 0 Å². The summed E-state index contributed by atoms with van der Waals surface area (Å²) in [6.07, 6.45) is 6.56. The zero-order valence-electron chi connectivity index (χ0n) is 12.6. The molecule has 2 heterocycles. The highest BCUT2D eigenvalue weighted by Gasteiger charge is 2.24. The molecule has 19 heavy (non-hydrogen) atoms. The van der Waals surface area contributed by atoms with E-state index in [9.17, 15) is 0 Å². The summed E-state index contributed by atoms with van der Waals surface area (Å²) in [5.74, 6) is 0.970. The Labute approximate surface area is 117 Å². The van der Waals surface area contributed by atoms with Crippen molar-refractivity contribution < 1.29 is 0 Å². The van der Waals surface area contributed by atoms with Crippen molar-refractivity contribution in [2.45, 2.75) is 52.0 Å². The molecule has 0 bridgehead atoms. The molecule has 0 aliphatic carbocycles. The molecule has 1 aliphatic heterocycles. The quantitative estimate of drug-likeness (QED) is 0.874. The Kier molecular flexibility index (Phi) is 5.20. The van der Waals surface area contributed by atoms with Gasteiger partial charge < -0.3 is 5.32 Å². The van der Waals surface area contributed by atoms with Gasteiger partial charge in [0.15, 0.2) is 0 Å². The van der Waals surface area contributed by atoms with E-state index >= 15 is 0 Å². The molecule has 3 nitrogen and oxygen atoms in total. The van der Waals surface area contributed by atoms with Gasteiger partial charge in [-0.25, -0.2) is 4.98 Å². The highest BCUT2D eigenvalue weighted by atomic mass is 15.2. The summed E-state index contributed by atoms with van der Waals surface area (Å²) in [6.45, 7) is 6.89. The lowest BCUT2D eigenvalue weighted by molar-refractivity contribution is 0.146. The van der Waals surface area contributed by atoms with E-state index in [2.05, 4.69) is 41.2 Å². The first kappa shape index (κ1) is 14.3. The molecule has 1 aliphatic rings. The molecule has 2 rings (SSSR count). The summed E-state index contributed by atoms with van der Waals surface area (Å²) in [5.41, 5.74) is 2.61. The molecule has 0 spiro atoms. The Bertz CT molecular complexity index is 403. The Morgan fingerprint density at radius 2 is 2.21 bits per heavy atom. The normalized spacial score (nSPS) is 20.5. The number of pyridine rings is 1. The van der Waals surface area contributed by atoms with Crippen LogP contribution in [0.25, 0.3) is 0 Å². The van der Waals surface area contributed by atoms with Crippen molar-refractivity contribution in [1.29, 1.82) is 0 Å². The Morgan fingerprint density at radius 1 is 1.37 bits per heavy atom. The Balaban J connectivity index is 2.17. The van der Waals surface area contributed by atoms with Crippen molar-refractivity contribution in [1.82, 2.24) is 9.88 Å². The summed E-state index contributed by atoms with van der Waals surface area (Å²) < 4.78 is 0. The molecule has 0 amide bonds. The molecule has 0 unspecified atom stereocenters. The van der Waals surface area contributed by atoms with E-state index in [1.165, 1.54) is 56.5 Å². The summed E-state index contributed by atoms with van der Waals surface area (Å²) in [5, 5.41) is 3.12. The van der Waals surface area contributed by atoms with Crippen molar-refractivity contribution in [3.63, 3.8) is 0 Å². The van der Waals surface area contributed by atoms with Gasteiger partial charge in [-0.15, -0.1) is 0 Å². The van der Waals surface area contributed by atoms with Crippen LogP contribution in [0.5, 0.6) is 0 Å². The molecule has 0 saturated carbocycles. The fourth-order valence-electron chi connectivity index (χ4n) is 3.04. The standard InChI is InChI=1S/C16H27N3/c1-4-5-11-19-12-7-6-8-15(19)14-9-10-16(17-3)18-13(14)2/h9-10,15H,4-8,11-12H2,1-3H3,(H,17,18)/t15-/m0/s1. The van der Waals surface area contributed by atoms with Crippen LogP contribution in [0.2, 0.25) is 0 Å². The molecule has 106 valence electrons. The number of aryl methyl sites for hydroxylation is 1. The van der Waals surface area contributed by atoms with E-state index in [0.717, 1.165) is 5.82 Å². The van der Waals surface area contributed by atoms with Gasteiger partial charge in [0.1, 0.15) is 5.82 Å². The molecule has 1 saturated heterocycles. The van der Waals surface area contributed by atoms with Crippen LogP contribution in [0.15, 0.2) is 12.1 Å². The third-order valence-corrected chi connectivity index (χ3v) is 4.15. The number of nitrogens with one attached hydrogen (secondary N) is 1. The van der Waals surface area contributed by atoms with Crippen LogP contribution < -0.4 is 5.32 Å². The number of hydrogen-bond acceptors (Lipinski definition) is 3. The monoisotopic (exact) mass is 261 g/mol. The second kappa shape index (κ2) is 6.90. The number of unbranched alkanes of at least 4 members (excludes halogenated alkanes) is 1. The van der Waals surface area contributed by atoms with E-state index in [1.54, 1.807) is 0 Å². The van der Waals surface area contributed by atoms with Crippen molar-refractivity contribution in [3.8, 4) is 0 Å². The van der Waals surface area contributed by atoms with Gasteiger partial charge in [0.25, 0.3) is 0 Å². The lowest BCUT2D eigenvalue weighted by atomic mass is 9.94. The van der Waals surface area contributed by atoms with Crippen molar-refractivity contribution in [3.05, 3.63) is 23.4 Å². The lowest BCUT2D eigenvalue weighted by Crippen LogP contribution is -2.34. The number of anilines is 1. The first-order chi connectivity index (χ1) is 9.26. The highest BCUT2D eigenvalue weighted by molar-refractivity contribution is 5.39. The van der Waals surface area contributed by atoms with Gasteiger partial charge in [0, 0.05) is 18.8 Å². The maximum Gasteiger partial charge on any atom is 0.125 e. The van der Waals surface area contributed by atoms with Gasteiger partial charge in [-0.1, -0.05) is 25.8 Å². The smallest absolute Gasteiger partial charge is 0.125 e. The molecule has 1 N–H and O–H groups in total. The first-order valence-corrected chi connectivity index (χ1v) is 7.65. The first-order valence-electron chi connectivity index (χ1n) is 7.65. The van der Waals surface area contributed by atoms with Crippen LogP contribution >= 0.6 is 0 Å². The number of aromatic nitrogens is 1. The summed E-state index contributed by atoms with van der Waals surface area (Å²) in [4.78, 5) is 7.31. The third kappa shape index (κ3) is 3.47. The minimum atomic E-state index is 0.582. The summed E-state index contributed by atoms with van der Waals surface area (Å²) >= 11 is 0. The zero-order valence-corrected chi connectivity index (χ0v) is 12.6. The number of hydrogen-bond donors (Lipinski definition) is 1. The predicted octanol–water partition coefficient (Wildman–Crippen LogP) is 3.76. The molecular formula is C16H27N3. The third-order valence-electron chi connectivity index (χ3n) is 4.15. The van der Waals surface area contributed by atoms with Crippen molar-refractivity contribution in [2.75, 3.05) is 25.5 Å². The average Bonchev–Trinajstić information content (AvgIpc) is 2.45. The second-order valence-electron chi connectivity index (χ2n) is 5.52. The van der Waals surface area contributed by atoms with Crippen LogP contribution in [0.1, 0.15) is 56.3 Å². The van der Waals surface area contributed by atoms with Crippen LogP contribution in [-0.2, 0) is 0 Å². The SMILES string of the molecule is CCCCN1CCCC[C@H]1c1ccc(NC)nc1C. The second-order valence-corrected chi connectivity index (χ2v) is 5.52. The van der Waals surface area contributed by atoms with Gasteiger partial charge in [-0.2, -0.15) is 0 Å². The van der Waals surface area contributed by atoms with Crippen LogP contribution in [0.4, 0.5) is 5.82 Å². The van der Waals surface area contributed by atoms with Crippen LogP contribution in [0, 0.1) is 6.92 Å². The molecular weight excluding hydrogens is 234 g/mol. The van der Waals surface area contributed by atoms with E-state index in [0.29, 0.717) is 6.04 Å². The maximum atomic E-state index is 4.64. The van der Waals surface area contributed by atoms with E-state index in [1.807, 2.05) is 7.05 Å². The topological polar surface area (TPSA) is 28.2 Å². The highest BCUT2D eigenvalue weighted by Crippen LogP contribution is 2.32. The molecule has 1 fully saturated rings. The number of piperidine rings is 1. The van der Waals surface area contributed by atoms with E-state index in [-0.39, 0.29) is 0 Å². The fraction of sp³-hybridized carbons (Fsp3) is 0.688. The number of nitrogens with zero attached hydrogens (tertiary/aromatic N) is 2. The van der Waals surface area contributed by atoms with Gasteiger partial charge in [0.2, 0.25) is 0 Å². The van der Waals surface area contributed by atoms with E-state index in [4.69, 9.17) is 0 Å². The predicted molar refractivity (Wildman–Crippen MR) is 81.6 cm³/mol. The largest absolute Gasteiger partial charge is 0.373 e. The zero-order chi connectivity index (χ0) is 13.7. The maximum absolute atomic E-state index is 4.64. The number of rotatable bonds is 5. The summed E-state index contributed by atoms with van der Waals surface area (Å²) in [7, 11) is 1.93. The molecule has 1 aromatic heterocycles. The number of likely N-dealkylation sites (tertiary alicyclic amines) is 1. The Morgan fingerprint density at radius 3 is 2.89 bits per heavy atom. The van der Waals surface area contributed by atoms with Crippen LogP contribution in [-0.4, -0.2) is 30.0 Å². The molecule has 0 aromatic carbocycles. The van der Waals surface area contributed by atoms with Gasteiger partial charge in [-0.05, 0) is 50.9 Å².